The lowest BCUT2D eigenvalue weighted by Gasteiger charge is -2.40. The molecule has 1 rings (SSSR count). The standard InChI is InChI=1S/C55H96O12S/c1-3-5-7-9-11-13-15-17-19-21-23-24-26-28-30-32-34-36-38-40-42-44-51(57)66-48(46-65-55-54(60)53(59)52(58)49(67-55)47-68(61,62)63)45-64-50(56)43-41-39-37-35-33-31-29-27-25-22-20-18-16-14-12-10-8-6-4-2/h6,8,12,14,18,20,25,27,31,33,48-49,52-55,58-60H,3-5,7,9-11,13,15-17,19,21-24,26,28-30,32,34-47H2,1-2H3,(H,61,62,63)/b8-6+,14-12+,20-18+,27-25+,33-31+/t48-,49-,52-,53?,54?,55+/m1/s1. The minimum absolute atomic E-state index is 0.158. The molecule has 1 fully saturated rings. The van der Waals surface area contributed by atoms with E-state index in [1.54, 1.807) is 0 Å². The van der Waals surface area contributed by atoms with Crippen LogP contribution in [0, 0.1) is 0 Å². The molecule has 1 aliphatic heterocycles. The van der Waals surface area contributed by atoms with Crippen LogP contribution in [0.5, 0.6) is 0 Å². The molecule has 0 aromatic carbocycles. The van der Waals surface area contributed by atoms with E-state index >= 15 is 0 Å². The minimum atomic E-state index is -4.61. The Kier molecular flexibility index (Phi) is 41.3. The van der Waals surface area contributed by atoms with Crippen LogP contribution in [0.3, 0.4) is 0 Å². The lowest BCUT2D eigenvalue weighted by Crippen LogP contribution is -2.60. The van der Waals surface area contributed by atoms with Crippen molar-refractivity contribution in [3.8, 4) is 0 Å². The molecule has 0 spiro atoms. The van der Waals surface area contributed by atoms with Gasteiger partial charge in [0.2, 0.25) is 0 Å². The lowest BCUT2D eigenvalue weighted by atomic mass is 10.00. The Hall–Kier alpha value is -2.65. The maximum absolute atomic E-state index is 12.9. The maximum Gasteiger partial charge on any atom is 0.306 e. The van der Waals surface area contributed by atoms with E-state index in [1.165, 1.54) is 109 Å². The molecule has 2 unspecified atom stereocenters. The van der Waals surface area contributed by atoms with Crippen LogP contribution in [0.1, 0.15) is 219 Å². The number of unbranched alkanes of at least 4 members (excludes halogenated alkanes) is 23. The van der Waals surface area contributed by atoms with Gasteiger partial charge >= 0.3 is 11.9 Å². The summed E-state index contributed by atoms with van der Waals surface area (Å²) in [5, 5.41) is 31.0. The Bertz CT molecular complexity index is 1470. The third kappa shape index (κ3) is 38.1. The van der Waals surface area contributed by atoms with Gasteiger partial charge in [-0.3, -0.25) is 14.1 Å². The molecule has 0 radical (unpaired) electrons. The number of hydrogen-bond donors (Lipinski definition) is 4. The quantitative estimate of drug-likeness (QED) is 0.0196. The van der Waals surface area contributed by atoms with Crippen LogP contribution in [0.4, 0.5) is 0 Å². The molecule has 4 N–H and O–H groups in total. The van der Waals surface area contributed by atoms with E-state index in [-0.39, 0.29) is 19.4 Å². The average molecular weight is 981 g/mol. The van der Waals surface area contributed by atoms with Crippen LogP contribution in [0.25, 0.3) is 0 Å². The van der Waals surface area contributed by atoms with Crippen molar-refractivity contribution in [2.45, 2.75) is 256 Å². The van der Waals surface area contributed by atoms with Crippen LogP contribution >= 0.6 is 0 Å². The van der Waals surface area contributed by atoms with Crippen LogP contribution < -0.4 is 0 Å². The number of carbonyl (C=O) groups is 2. The number of esters is 2. The topological polar surface area (TPSA) is 186 Å². The Balaban J connectivity index is 2.37. The van der Waals surface area contributed by atoms with Crippen molar-refractivity contribution in [1.29, 1.82) is 0 Å². The number of aliphatic hydroxyl groups is 3. The van der Waals surface area contributed by atoms with Gasteiger partial charge in [-0.2, -0.15) is 8.42 Å². The summed E-state index contributed by atoms with van der Waals surface area (Å²) in [5.41, 5.74) is 0. The molecular formula is C55H96O12S. The molecular weight excluding hydrogens is 885 g/mol. The molecule has 68 heavy (non-hydrogen) atoms. The summed E-state index contributed by atoms with van der Waals surface area (Å²) in [6.07, 6.45) is 46.9. The minimum Gasteiger partial charge on any atom is -0.462 e. The molecule has 0 aromatic rings. The van der Waals surface area contributed by atoms with Crippen molar-refractivity contribution < 1.29 is 56.8 Å². The van der Waals surface area contributed by atoms with Crippen molar-refractivity contribution in [1.82, 2.24) is 0 Å². The van der Waals surface area contributed by atoms with Gasteiger partial charge in [-0.1, -0.05) is 209 Å². The molecule has 12 nitrogen and oxygen atoms in total. The summed E-state index contributed by atoms with van der Waals surface area (Å²) in [6.45, 7) is 3.65. The molecule has 394 valence electrons. The van der Waals surface area contributed by atoms with Crippen molar-refractivity contribution in [2.75, 3.05) is 19.0 Å². The van der Waals surface area contributed by atoms with Gasteiger partial charge in [0, 0.05) is 12.8 Å². The Labute approximate surface area is 413 Å². The first-order valence-corrected chi connectivity index (χ1v) is 28.5. The zero-order valence-electron chi connectivity index (χ0n) is 42.4. The van der Waals surface area contributed by atoms with Gasteiger partial charge in [-0.15, -0.1) is 0 Å². The maximum atomic E-state index is 12.9. The number of aliphatic hydroxyl groups excluding tert-OH is 3. The van der Waals surface area contributed by atoms with E-state index in [4.69, 9.17) is 18.9 Å². The summed E-state index contributed by atoms with van der Waals surface area (Å²) in [4.78, 5) is 25.6. The van der Waals surface area contributed by atoms with Crippen LogP contribution in [-0.4, -0.2) is 96.0 Å². The average Bonchev–Trinajstić information content (AvgIpc) is 3.31. The van der Waals surface area contributed by atoms with Crippen LogP contribution in [0.2, 0.25) is 0 Å². The highest BCUT2D eigenvalue weighted by Gasteiger charge is 2.46. The molecule has 13 heteroatoms. The highest BCUT2D eigenvalue weighted by atomic mass is 32.2. The van der Waals surface area contributed by atoms with Gasteiger partial charge < -0.3 is 34.3 Å². The van der Waals surface area contributed by atoms with Gasteiger partial charge in [0.1, 0.15) is 36.8 Å². The number of hydrogen-bond acceptors (Lipinski definition) is 11. The normalized spacial score (nSPS) is 19.6. The Morgan fingerprint density at radius 3 is 1.38 bits per heavy atom. The number of rotatable bonds is 45. The predicted octanol–water partition coefficient (Wildman–Crippen LogP) is 12.5. The molecule has 1 aliphatic rings. The van der Waals surface area contributed by atoms with Gasteiger partial charge in [-0.05, 0) is 57.8 Å². The molecule has 1 saturated heterocycles. The van der Waals surface area contributed by atoms with Crippen LogP contribution in [-0.2, 0) is 38.7 Å². The second kappa shape index (κ2) is 44.3. The summed E-state index contributed by atoms with van der Waals surface area (Å²) in [7, 11) is -4.61. The summed E-state index contributed by atoms with van der Waals surface area (Å²) in [5.74, 6) is -2.02. The van der Waals surface area contributed by atoms with E-state index in [1.807, 2.05) is 0 Å². The number of ether oxygens (including phenoxy) is 4. The second-order valence-corrected chi connectivity index (χ2v) is 20.0. The summed E-state index contributed by atoms with van der Waals surface area (Å²) in [6, 6.07) is 0. The molecule has 1 heterocycles. The van der Waals surface area contributed by atoms with Crippen LogP contribution in [0.15, 0.2) is 60.8 Å². The van der Waals surface area contributed by atoms with Gasteiger partial charge in [0.05, 0.1) is 6.61 Å². The van der Waals surface area contributed by atoms with E-state index in [0.717, 1.165) is 70.6 Å². The zero-order valence-corrected chi connectivity index (χ0v) is 43.3. The molecule has 0 aliphatic carbocycles. The largest absolute Gasteiger partial charge is 0.462 e. The smallest absolute Gasteiger partial charge is 0.306 e. The SMILES string of the molecule is CC/C=C/C/C=C/C/C=C/C/C=C/C/C=C/CCCCCC(=O)OC[C@H](CO[C@H]1O[C@H](CS(=O)(=O)O)[C@@H](O)C(O)C1O)OC(=O)CCCCCCCCCCCCCCCCCCCCCCC. The van der Waals surface area contributed by atoms with Crippen molar-refractivity contribution >= 4 is 22.1 Å². The third-order valence-electron chi connectivity index (χ3n) is 12.1. The van der Waals surface area contributed by atoms with Crippen molar-refractivity contribution in [2.24, 2.45) is 0 Å². The molecule has 0 bridgehead atoms. The lowest BCUT2D eigenvalue weighted by molar-refractivity contribution is -0.297. The van der Waals surface area contributed by atoms with E-state index in [2.05, 4.69) is 74.6 Å². The first-order valence-electron chi connectivity index (χ1n) is 26.8. The number of allylic oxidation sites excluding steroid dienone is 10. The molecule has 0 aromatic heterocycles. The summed E-state index contributed by atoms with van der Waals surface area (Å²) < 4.78 is 54.3. The number of carbonyl (C=O) groups excluding carboxylic acids is 2. The van der Waals surface area contributed by atoms with E-state index in [0.29, 0.717) is 12.8 Å². The third-order valence-corrected chi connectivity index (χ3v) is 12.9. The summed E-state index contributed by atoms with van der Waals surface area (Å²) >= 11 is 0. The molecule has 0 amide bonds. The zero-order chi connectivity index (χ0) is 49.8. The van der Waals surface area contributed by atoms with Crippen molar-refractivity contribution in [3.63, 3.8) is 0 Å². The fourth-order valence-electron chi connectivity index (χ4n) is 8.00. The molecule has 6 atom stereocenters. The highest BCUT2D eigenvalue weighted by Crippen LogP contribution is 2.24. The van der Waals surface area contributed by atoms with Gasteiger partial charge in [-0.25, -0.2) is 0 Å². The Morgan fingerprint density at radius 1 is 0.515 bits per heavy atom. The fraction of sp³-hybridized carbons (Fsp3) is 0.782. The highest BCUT2D eigenvalue weighted by molar-refractivity contribution is 7.85. The van der Waals surface area contributed by atoms with Gasteiger partial charge in [0.15, 0.2) is 12.4 Å². The van der Waals surface area contributed by atoms with E-state index < -0.39 is 71.2 Å². The monoisotopic (exact) mass is 981 g/mol. The second-order valence-electron chi connectivity index (χ2n) is 18.5. The first kappa shape index (κ1) is 63.4. The van der Waals surface area contributed by atoms with Gasteiger partial charge in [0.25, 0.3) is 10.1 Å². The van der Waals surface area contributed by atoms with E-state index in [9.17, 15) is 37.9 Å². The first-order chi connectivity index (χ1) is 33.0. The van der Waals surface area contributed by atoms with Crippen molar-refractivity contribution in [3.05, 3.63) is 60.8 Å². The fourth-order valence-corrected chi connectivity index (χ4v) is 8.69. The molecule has 0 saturated carbocycles. The predicted molar refractivity (Wildman–Crippen MR) is 275 cm³/mol. The Morgan fingerprint density at radius 2 is 0.926 bits per heavy atom.